The highest BCUT2D eigenvalue weighted by molar-refractivity contribution is 7.89. The summed E-state index contributed by atoms with van der Waals surface area (Å²) in [5.41, 5.74) is 0.534. The lowest BCUT2D eigenvalue weighted by atomic mass is 10.1. The largest absolute Gasteiger partial charge is 0.388 e. The zero-order valence-corrected chi connectivity index (χ0v) is 13.1. The molecule has 0 radical (unpaired) electrons. The highest BCUT2D eigenvalue weighted by Crippen LogP contribution is 2.17. The van der Waals surface area contributed by atoms with Crippen LogP contribution in [0.1, 0.15) is 18.1 Å². The van der Waals surface area contributed by atoms with Crippen molar-refractivity contribution in [1.29, 1.82) is 0 Å². The van der Waals surface area contributed by atoms with Crippen LogP contribution in [0, 0.1) is 5.82 Å². The van der Waals surface area contributed by atoms with E-state index >= 15 is 0 Å². The van der Waals surface area contributed by atoms with E-state index in [4.69, 9.17) is 11.6 Å². The zero-order valence-electron chi connectivity index (χ0n) is 11.5. The summed E-state index contributed by atoms with van der Waals surface area (Å²) in [6, 6.07) is 11.2. The van der Waals surface area contributed by atoms with Crippen LogP contribution < -0.4 is 4.72 Å². The minimum absolute atomic E-state index is 0.0590. The Balaban J connectivity index is 1.92. The molecule has 0 bridgehead atoms. The van der Waals surface area contributed by atoms with Gasteiger partial charge in [-0.2, -0.15) is 0 Å². The quantitative estimate of drug-likeness (QED) is 0.847. The van der Waals surface area contributed by atoms with Crippen molar-refractivity contribution >= 4 is 21.6 Å². The molecule has 118 valence electrons. The topological polar surface area (TPSA) is 66.4 Å². The smallest absolute Gasteiger partial charge is 0.240 e. The molecule has 0 aliphatic rings. The van der Waals surface area contributed by atoms with Crippen molar-refractivity contribution in [2.45, 2.75) is 17.4 Å². The maximum atomic E-state index is 12.8. The molecule has 22 heavy (non-hydrogen) atoms. The van der Waals surface area contributed by atoms with E-state index in [2.05, 4.69) is 4.72 Å². The maximum absolute atomic E-state index is 12.8. The number of sulfonamides is 1. The van der Waals surface area contributed by atoms with Gasteiger partial charge in [0.15, 0.2) is 0 Å². The summed E-state index contributed by atoms with van der Waals surface area (Å²) in [6.45, 7) is 0.0590. The van der Waals surface area contributed by atoms with E-state index in [1.807, 2.05) is 0 Å². The van der Waals surface area contributed by atoms with Gasteiger partial charge in [-0.05, 0) is 48.4 Å². The standard InChI is InChI=1S/C15H15ClFNO3S/c16-12-3-7-14(8-4-12)22(20,21)18-10-9-15(19)11-1-5-13(17)6-2-11/h1-8,15,18-19H,9-10H2. The molecule has 0 fully saturated rings. The van der Waals surface area contributed by atoms with Crippen molar-refractivity contribution in [1.82, 2.24) is 4.72 Å². The molecule has 2 N–H and O–H groups in total. The second-order valence-corrected chi connectivity index (χ2v) is 6.91. The summed E-state index contributed by atoms with van der Waals surface area (Å²) < 4.78 is 39.2. The molecule has 0 spiro atoms. The Kier molecular flexibility index (Phi) is 5.52. The minimum Gasteiger partial charge on any atom is -0.388 e. The number of nitrogens with one attached hydrogen (secondary N) is 1. The Labute approximate surface area is 133 Å². The lowest BCUT2D eigenvalue weighted by Crippen LogP contribution is -2.25. The SMILES string of the molecule is O=S(=O)(NCCC(O)c1ccc(F)cc1)c1ccc(Cl)cc1. The van der Waals surface area contributed by atoms with Gasteiger partial charge in [-0.1, -0.05) is 23.7 Å². The van der Waals surface area contributed by atoms with Crippen LogP contribution in [0.4, 0.5) is 4.39 Å². The average Bonchev–Trinajstić information content (AvgIpc) is 2.48. The molecule has 2 aromatic rings. The van der Waals surface area contributed by atoms with Crippen molar-refractivity contribution in [2.24, 2.45) is 0 Å². The first kappa shape index (κ1) is 16.9. The van der Waals surface area contributed by atoms with Gasteiger partial charge in [0.1, 0.15) is 5.82 Å². The van der Waals surface area contributed by atoms with E-state index in [0.29, 0.717) is 10.6 Å². The van der Waals surface area contributed by atoms with E-state index in [-0.39, 0.29) is 23.7 Å². The number of hydrogen-bond acceptors (Lipinski definition) is 3. The van der Waals surface area contributed by atoms with Gasteiger partial charge in [0.2, 0.25) is 10.0 Å². The summed E-state index contributed by atoms with van der Waals surface area (Å²) in [5, 5.41) is 10.4. The van der Waals surface area contributed by atoms with Crippen LogP contribution in [0.25, 0.3) is 0 Å². The predicted molar refractivity (Wildman–Crippen MR) is 82.6 cm³/mol. The third-order valence-electron chi connectivity index (χ3n) is 3.09. The second-order valence-electron chi connectivity index (χ2n) is 4.71. The van der Waals surface area contributed by atoms with E-state index < -0.39 is 16.1 Å². The van der Waals surface area contributed by atoms with Gasteiger partial charge in [-0.25, -0.2) is 17.5 Å². The Hall–Kier alpha value is -1.47. The van der Waals surface area contributed by atoms with Gasteiger partial charge >= 0.3 is 0 Å². The number of rotatable bonds is 6. The van der Waals surface area contributed by atoms with Crippen LogP contribution >= 0.6 is 11.6 Å². The Morgan fingerprint density at radius 2 is 1.68 bits per heavy atom. The third kappa shape index (κ3) is 4.51. The van der Waals surface area contributed by atoms with Crippen LogP contribution in [-0.4, -0.2) is 20.1 Å². The van der Waals surface area contributed by atoms with E-state index in [1.54, 1.807) is 0 Å². The number of aliphatic hydroxyl groups excluding tert-OH is 1. The van der Waals surface area contributed by atoms with Crippen molar-refractivity contribution in [3.63, 3.8) is 0 Å². The van der Waals surface area contributed by atoms with Crippen molar-refractivity contribution < 1.29 is 17.9 Å². The number of aliphatic hydroxyl groups is 1. The first-order chi connectivity index (χ1) is 10.4. The molecule has 0 saturated carbocycles. The van der Waals surface area contributed by atoms with E-state index in [9.17, 15) is 17.9 Å². The fourth-order valence-corrected chi connectivity index (χ4v) is 3.05. The van der Waals surface area contributed by atoms with Gasteiger partial charge in [0, 0.05) is 11.6 Å². The lowest BCUT2D eigenvalue weighted by molar-refractivity contribution is 0.169. The van der Waals surface area contributed by atoms with Gasteiger partial charge < -0.3 is 5.11 Å². The van der Waals surface area contributed by atoms with Gasteiger partial charge in [0.25, 0.3) is 0 Å². The molecule has 0 saturated heterocycles. The molecule has 0 aliphatic heterocycles. The predicted octanol–water partition coefficient (Wildman–Crippen LogP) is 2.88. The number of hydrogen-bond donors (Lipinski definition) is 2. The van der Waals surface area contributed by atoms with E-state index in [0.717, 1.165) is 0 Å². The van der Waals surface area contributed by atoms with Crippen molar-refractivity contribution in [3.05, 3.63) is 64.9 Å². The van der Waals surface area contributed by atoms with Gasteiger partial charge in [-0.3, -0.25) is 0 Å². The van der Waals surface area contributed by atoms with Crippen LogP contribution in [0.3, 0.4) is 0 Å². The molecule has 0 aromatic heterocycles. The lowest BCUT2D eigenvalue weighted by Gasteiger charge is -2.12. The summed E-state index contributed by atoms with van der Waals surface area (Å²) in [7, 11) is -3.64. The molecular weight excluding hydrogens is 329 g/mol. The number of halogens is 2. The molecule has 0 amide bonds. The summed E-state index contributed by atoms with van der Waals surface area (Å²) >= 11 is 5.71. The highest BCUT2D eigenvalue weighted by atomic mass is 35.5. The molecule has 0 heterocycles. The maximum Gasteiger partial charge on any atom is 0.240 e. The Morgan fingerprint density at radius 1 is 1.09 bits per heavy atom. The Morgan fingerprint density at radius 3 is 2.27 bits per heavy atom. The fraction of sp³-hybridized carbons (Fsp3) is 0.200. The van der Waals surface area contributed by atoms with Crippen LogP contribution in [0.15, 0.2) is 53.4 Å². The third-order valence-corrected chi connectivity index (χ3v) is 4.82. The normalized spacial score (nSPS) is 13.0. The molecule has 1 unspecified atom stereocenters. The fourth-order valence-electron chi connectivity index (χ4n) is 1.88. The molecule has 2 rings (SSSR count). The highest BCUT2D eigenvalue weighted by Gasteiger charge is 2.14. The van der Waals surface area contributed by atoms with Crippen LogP contribution in [0.2, 0.25) is 5.02 Å². The van der Waals surface area contributed by atoms with Crippen molar-refractivity contribution in [2.75, 3.05) is 6.54 Å². The molecule has 0 aliphatic carbocycles. The molecule has 1 atom stereocenters. The summed E-state index contributed by atoms with van der Waals surface area (Å²) in [6.07, 6.45) is -0.688. The van der Waals surface area contributed by atoms with Gasteiger partial charge in [0.05, 0.1) is 11.0 Å². The van der Waals surface area contributed by atoms with Crippen LogP contribution in [0.5, 0.6) is 0 Å². The molecule has 7 heteroatoms. The molecular formula is C15H15ClFNO3S. The van der Waals surface area contributed by atoms with Crippen molar-refractivity contribution in [3.8, 4) is 0 Å². The molecule has 4 nitrogen and oxygen atoms in total. The summed E-state index contributed by atoms with van der Waals surface area (Å²) in [5.74, 6) is -0.389. The first-order valence-corrected chi connectivity index (χ1v) is 8.43. The average molecular weight is 344 g/mol. The second kappa shape index (κ2) is 7.19. The minimum atomic E-state index is -3.64. The zero-order chi connectivity index (χ0) is 16.2. The van der Waals surface area contributed by atoms with Gasteiger partial charge in [-0.15, -0.1) is 0 Å². The number of benzene rings is 2. The monoisotopic (exact) mass is 343 g/mol. The van der Waals surface area contributed by atoms with E-state index in [1.165, 1.54) is 48.5 Å². The molecule has 2 aromatic carbocycles. The first-order valence-electron chi connectivity index (χ1n) is 6.57. The summed E-state index contributed by atoms with van der Waals surface area (Å²) in [4.78, 5) is 0.105. The van der Waals surface area contributed by atoms with Crippen LogP contribution in [-0.2, 0) is 10.0 Å². The Bertz CT molecular complexity index is 717.